The van der Waals surface area contributed by atoms with Gasteiger partial charge < -0.3 is 15.0 Å². The van der Waals surface area contributed by atoms with E-state index in [2.05, 4.69) is 15.8 Å². The first-order chi connectivity index (χ1) is 12.8. The van der Waals surface area contributed by atoms with E-state index in [0.717, 1.165) is 0 Å². The van der Waals surface area contributed by atoms with E-state index in [1.54, 1.807) is 7.05 Å². The number of carbonyl (C=O) groups excluding carboxylic acids is 2. The Morgan fingerprint density at radius 2 is 2.04 bits per heavy atom. The third-order valence-electron chi connectivity index (χ3n) is 3.86. The number of halogens is 1. The highest BCUT2D eigenvalue weighted by atomic mass is 35.5. The van der Waals surface area contributed by atoms with Gasteiger partial charge in [0, 0.05) is 24.9 Å². The lowest BCUT2D eigenvalue weighted by Crippen LogP contribution is -2.25. The fourth-order valence-electron chi connectivity index (χ4n) is 2.55. The van der Waals surface area contributed by atoms with Gasteiger partial charge in [0.15, 0.2) is 5.71 Å². The Labute approximate surface area is 157 Å². The standard InChI is InChI=1S/C17H13ClN4O5/c1-22-7-8(2-3-14(22)24)4-13(23)20-21-15-10-5-9(17(26)27)11(18)6-12(10)19-16(15)25/h2-3,5-7H,4H2,1H3,(H,20,23)(H,26,27)(H,19,21,25). The lowest BCUT2D eigenvalue weighted by atomic mass is 10.1. The summed E-state index contributed by atoms with van der Waals surface area (Å²) < 4.78 is 1.34. The predicted octanol–water partition coefficient (Wildman–Crippen LogP) is 0.752. The number of carboxylic acids is 1. The van der Waals surface area contributed by atoms with Crippen LogP contribution in [0.15, 0.2) is 40.4 Å². The molecule has 10 heteroatoms. The molecule has 138 valence electrons. The van der Waals surface area contributed by atoms with Crippen LogP contribution < -0.4 is 16.3 Å². The number of aromatic nitrogens is 1. The minimum Gasteiger partial charge on any atom is -0.478 e. The van der Waals surface area contributed by atoms with Gasteiger partial charge in [0.25, 0.3) is 5.91 Å². The van der Waals surface area contributed by atoms with Gasteiger partial charge >= 0.3 is 5.97 Å². The first-order valence-corrected chi connectivity index (χ1v) is 8.04. The van der Waals surface area contributed by atoms with Gasteiger partial charge in [-0.05, 0) is 17.7 Å². The lowest BCUT2D eigenvalue weighted by Gasteiger charge is -2.04. The number of hydrogen-bond donors (Lipinski definition) is 3. The molecule has 3 rings (SSSR count). The predicted molar refractivity (Wildman–Crippen MR) is 97.1 cm³/mol. The van der Waals surface area contributed by atoms with Crippen molar-refractivity contribution in [3.05, 3.63) is 62.5 Å². The van der Waals surface area contributed by atoms with Gasteiger partial charge in [-0.25, -0.2) is 10.2 Å². The van der Waals surface area contributed by atoms with E-state index in [9.17, 15) is 19.2 Å². The zero-order valence-electron chi connectivity index (χ0n) is 13.9. The third kappa shape index (κ3) is 3.72. The number of benzene rings is 1. The fraction of sp³-hybridized carbons (Fsp3) is 0.118. The Bertz CT molecular complexity index is 1070. The molecule has 0 saturated carbocycles. The smallest absolute Gasteiger partial charge is 0.337 e. The van der Waals surface area contributed by atoms with Gasteiger partial charge in [0.2, 0.25) is 11.5 Å². The monoisotopic (exact) mass is 388 g/mol. The summed E-state index contributed by atoms with van der Waals surface area (Å²) in [7, 11) is 1.56. The zero-order chi connectivity index (χ0) is 19.7. The maximum atomic E-state index is 12.1. The van der Waals surface area contributed by atoms with Gasteiger partial charge in [-0.3, -0.25) is 14.4 Å². The molecule has 1 aliphatic rings. The molecule has 2 aromatic rings. The number of fused-ring (bicyclic) bond motifs is 1. The second-order valence-corrected chi connectivity index (χ2v) is 6.20. The summed E-state index contributed by atoms with van der Waals surface area (Å²) >= 11 is 5.87. The average Bonchev–Trinajstić information content (AvgIpc) is 2.89. The van der Waals surface area contributed by atoms with Crippen LogP contribution in [0, 0.1) is 0 Å². The first kappa shape index (κ1) is 18.3. The molecular formula is C17H13ClN4O5. The highest BCUT2D eigenvalue weighted by Gasteiger charge is 2.29. The van der Waals surface area contributed by atoms with Crippen LogP contribution in [0.2, 0.25) is 5.02 Å². The van der Waals surface area contributed by atoms with E-state index in [1.807, 2.05) is 0 Å². The summed E-state index contributed by atoms with van der Waals surface area (Å²) in [4.78, 5) is 46.7. The van der Waals surface area contributed by atoms with E-state index in [-0.39, 0.29) is 33.8 Å². The van der Waals surface area contributed by atoms with Crippen LogP contribution in [-0.2, 0) is 23.1 Å². The van der Waals surface area contributed by atoms with E-state index < -0.39 is 17.8 Å². The molecule has 9 nitrogen and oxygen atoms in total. The van der Waals surface area contributed by atoms with E-state index in [0.29, 0.717) is 11.3 Å². The van der Waals surface area contributed by atoms with Gasteiger partial charge in [0.05, 0.1) is 22.7 Å². The number of amides is 2. The van der Waals surface area contributed by atoms with Crippen LogP contribution in [0.3, 0.4) is 0 Å². The number of hydrogen-bond acceptors (Lipinski definition) is 5. The number of carboxylic acid groups (broad SMARTS) is 1. The number of nitrogens with one attached hydrogen (secondary N) is 2. The number of carbonyl (C=O) groups is 3. The summed E-state index contributed by atoms with van der Waals surface area (Å²) in [6.45, 7) is 0. The highest BCUT2D eigenvalue weighted by Crippen LogP contribution is 2.30. The lowest BCUT2D eigenvalue weighted by molar-refractivity contribution is -0.120. The minimum absolute atomic E-state index is 0.0264. The van der Waals surface area contributed by atoms with Gasteiger partial charge in [-0.2, -0.15) is 5.10 Å². The number of aryl methyl sites for hydroxylation is 1. The highest BCUT2D eigenvalue weighted by molar-refractivity contribution is 6.54. The molecular weight excluding hydrogens is 376 g/mol. The topological polar surface area (TPSA) is 130 Å². The van der Waals surface area contributed by atoms with Crippen molar-refractivity contribution in [2.45, 2.75) is 6.42 Å². The molecule has 2 heterocycles. The summed E-state index contributed by atoms with van der Waals surface area (Å²) in [5.74, 6) is -2.35. The average molecular weight is 389 g/mol. The van der Waals surface area contributed by atoms with Crippen molar-refractivity contribution in [3.8, 4) is 0 Å². The molecule has 0 spiro atoms. The summed E-state index contributed by atoms with van der Waals surface area (Å²) in [6.07, 6.45) is 1.47. The van der Waals surface area contributed by atoms with Crippen molar-refractivity contribution in [2.24, 2.45) is 12.1 Å². The first-order valence-electron chi connectivity index (χ1n) is 7.67. The zero-order valence-corrected chi connectivity index (χ0v) is 14.7. The van der Waals surface area contributed by atoms with Gasteiger partial charge in [-0.15, -0.1) is 0 Å². The molecule has 3 N–H and O–H groups in total. The molecule has 0 saturated heterocycles. The quantitative estimate of drug-likeness (QED) is 0.665. The van der Waals surface area contributed by atoms with Crippen molar-refractivity contribution < 1.29 is 19.5 Å². The Morgan fingerprint density at radius 3 is 2.70 bits per heavy atom. The van der Waals surface area contributed by atoms with Crippen LogP contribution in [0.25, 0.3) is 0 Å². The molecule has 1 aromatic carbocycles. The maximum absolute atomic E-state index is 12.1. The van der Waals surface area contributed by atoms with E-state index >= 15 is 0 Å². The van der Waals surface area contributed by atoms with E-state index in [4.69, 9.17) is 16.7 Å². The third-order valence-corrected chi connectivity index (χ3v) is 4.17. The summed E-state index contributed by atoms with van der Waals surface area (Å²) in [5.41, 5.74) is 2.87. The Kier molecular flexibility index (Phi) is 4.78. The number of anilines is 1. The van der Waals surface area contributed by atoms with Crippen LogP contribution in [-0.4, -0.2) is 33.2 Å². The molecule has 27 heavy (non-hydrogen) atoms. The van der Waals surface area contributed by atoms with Crippen molar-refractivity contribution >= 4 is 40.8 Å². The molecule has 1 aromatic heterocycles. The molecule has 0 bridgehead atoms. The van der Waals surface area contributed by atoms with Gasteiger partial charge in [0.1, 0.15) is 0 Å². The molecule has 1 aliphatic heterocycles. The second-order valence-electron chi connectivity index (χ2n) is 5.80. The van der Waals surface area contributed by atoms with Crippen LogP contribution in [0.1, 0.15) is 21.5 Å². The number of hydrazone groups is 1. The Hall–Kier alpha value is -3.46. The van der Waals surface area contributed by atoms with Crippen molar-refractivity contribution in [2.75, 3.05) is 5.32 Å². The summed E-state index contributed by atoms with van der Waals surface area (Å²) in [5, 5.41) is 15.4. The SMILES string of the molecule is Cn1cc(CC(=O)NN=C2C(=O)Nc3cc(Cl)c(C(=O)O)cc32)ccc1=O. The normalized spacial score (nSPS) is 14.0. The number of pyridine rings is 1. The van der Waals surface area contributed by atoms with Crippen molar-refractivity contribution in [1.82, 2.24) is 9.99 Å². The fourth-order valence-corrected chi connectivity index (χ4v) is 2.79. The maximum Gasteiger partial charge on any atom is 0.337 e. The molecule has 0 aliphatic carbocycles. The largest absolute Gasteiger partial charge is 0.478 e. The van der Waals surface area contributed by atoms with Crippen LogP contribution in [0.5, 0.6) is 0 Å². The van der Waals surface area contributed by atoms with E-state index in [1.165, 1.54) is 35.0 Å². The second kappa shape index (κ2) is 7.04. The molecule has 0 atom stereocenters. The molecule has 2 amide bonds. The Balaban J connectivity index is 1.81. The number of aromatic carboxylic acids is 1. The van der Waals surface area contributed by atoms with Crippen LogP contribution in [0.4, 0.5) is 5.69 Å². The number of nitrogens with zero attached hydrogens (tertiary/aromatic N) is 2. The molecule has 0 fully saturated rings. The minimum atomic E-state index is -1.25. The Morgan fingerprint density at radius 1 is 1.30 bits per heavy atom. The van der Waals surface area contributed by atoms with Crippen molar-refractivity contribution in [3.63, 3.8) is 0 Å². The van der Waals surface area contributed by atoms with Crippen molar-refractivity contribution in [1.29, 1.82) is 0 Å². The molecule has 0 unspecified atom stereocenters. The molecule has 0 radical (unpaired) electrons. The van der Waals surface area contributed by atoms with Crippen LogP contribution >= 0.6 is 11.6 Å². The number of rotatable bonds is 4. The van der Waals surface area contributed by atoms with Gasteiger partial charge in [-0.1, -0.05) is 17.7 Å². The summed E-state index contributed by atoms with van der Waals surface area (Å²) in [6, 6.07) is 5.39.